The first-order valence-electron chi connectivity index (χ1n) is 6.58. The summed E-state index contributed by atoms with van der Waals surface area (Å²) in [5.41, 5.74) is 0.367. The Hall–Kier alpha value is -1.06. The minimum atomic E-state index is -3.48. The molecule has 1 amide bonds. The van der Waals surface area contributed by atoms with Crippen LogP contribution in [0.5, 0.6) is 0 Å². The number of sulfonamides is 1. The molecule has 0 spiro atoms. The number of anilines is 1. The van der Waals surface area contributed by atoms with E-state index in [4.69, 9.17) is 16.3 Å². The van der Waals surface area contributed by atoms with E-state index in [1.807, 2.05) is 0 Å². The Kier molecular flexibility index (Phi) is 10.2. The Balaban J connectivity index is 0.00000484. The van der Waals surface area contributed by atoms with E-state index < -0.39 is 15.9 Å². The number of halogens is 2. The van der Waals surface area contributed by atoms with Crippen molar-refractivity contribution >= 4 is 45.6 Å². The van der Waals surface area contributed by atoms with Crippen LogP contribution in [0.25, 0.3) is 0 Å². The van der Waals surface area contributed by atoms with E-state index in [1.165, 1.54) is 18.2 Å². The monoisotopic (exact) mass is 385 g/mol. The second-order valence-corrected chi connectivity index (χ2v) is 6.75. The minimum absolute atomic E-state index is 0. The van der Waals surface area contributed by atoms with Gasteiger partial charge in [0, 0.05) is 31.8 Å². The van der Waals surface area contributed by atoms with E-state index >= 15 is 0 Å². The maximum Gasteiger partial charge on any atom is 0.253 e. The number of nitrogens with one attached hydrogen (secondary N) is 3. The van der Waals surface area contributed by atoms with Gasteiger partial charge in [-0.2, -0.15) is 0 Å². The van der Waals surface area contributed by atoms with Crippen molar-refractivity contribution in [1.82, 2.24) is 10.6 Å². The maximum atomic E-state index is 12.1. The van der Waals surface area contributed by atoms with Gasteiger partial charge in [0.05, 0.1) is 24.1 Å². The molecule has 0 heterocycles. The lowest BCUT2D eigenvalue weighted by atomic mass is 10.1. The molecule has 0 radical (unpaired) electrons. The molecule has 0 aromatic heterocycles. The number of amides is 1. The highest BCUT2D eigenvalue weighted by atomic mass is 35.5. The zero-order valence-electron chi connectivity index (χ0n) is 12.9. The number of carbonyl (C=O) groups is 1. The molecule has 0 saturated heterocycles. The molecular formula is C13H21Cl2N3O4S. The largest absolute Gasteiger partial charge is 0.383 e. The summed E-state index contributed by atoms with van der Waals surface area (Å²) in [6.07, 6.45) is 1.02. The number of ether oxygens (including phenoxy) is 1. The van der Waals surface area contributed by atoms with Crippen LogP contribution in [0.1, 0.15) is 10.4 Å². The van der Waals surface area contributed by atoms with Crippen LogP contribution >= 0.6 is 24.0 Å². The van der Waals surface area contributed by atoms with Crippen molar-refractivity contribution in [3.05, 3.63) is 28.8 Å². The molecule has 1 aromatic rings. The lowest BCUT2D eigenvalue weighted by Gasteiger charge is -2.12. The van der Waals surface area contributed by atoms with Crippen molar-refractivity contribution in [1.29, 1.82) is 0 Å². The van der Waals surface area contributed by atoms with Gasteiger partial charge in [0.15, 0.2) is 0 Å². The zero-order valence-corrected chi connectivity index (χ0v) is 15.3. The number of carbonyl (C=O) groups excluding carboxylic acids is 1. The molecule has 0 unspecified atom stereocenters. The average molecular weight is 386 g/mol. The molecular weight excluding hydrogens is 365 g/mol. The van der Waals surface area contributed by atoms with E-state index in [2.05, 4.69) is 15.4 Å². The van der Waals surface area contributed by atoms with Crippen LogP contribution in [0.15, 0.2) is 18.2 Å². The smallest absolute Gasteiger partial charge is 0.253 e. The van der Waals surface area contributed by atoms with Gasteiger partial charge < -0.3 is 15.4 Å². The standard InChI is InChI=1S/C13H20ClN3O4S.ClH/c1-21-8-7-15-5-6-16-13(18)11-9-10(14)3-4-12(11)17-22(2,19)20;/h3-4,9,15,17H,5-8H2,1-2H3,(H,16,18);1H. The predicted molar refractivity (Wildman–Crippen MR) is 94.2 cm³/mol. The van der Waals surface area contributed by atoms with Gasteiger partial charge in [0.25, 0.3) is 5.91 Å². The van der Waals surface area contributed by atoms with Gasteiger partial charge in [0.2, 0.25) is 10.0 Å². The quantitative estimate of drug-likeness (QED) is 0.553. The van der Waals surface area contributed by atoms with Crippen molar-refractivity contribution in [2.24, 2.45) is 0 Å². The Labute approximate surface area is 147 Å². The van der Waals surface area contributed by atoms with Gasteiger partial charge in [0.1, 0.15) is 0 Å². The van der Waals surface area contributed by atoms with Crippen LogP contribution in [-0.2, 0) is 14.8 Å². The summed E-state index contributed by atoms with van der Waals surface area (Å²) < 4.78 is 29.8. The van der Waals surface area contributed by atoms with Crippen molar-refractivity contribution < 1.29 is 17.9 Å². The summed E-state index contributed by atoms with van der Waals surface area (Å²) >= 11 is 5.87. The predicted octanol–water partition coefficient (Wildman–Crippen LogP) is 1.10. The Bertz CT molecular complexity index is 611. The van der Waals surface area contributed by atoms with E-state index in [9.17, 15) is 13.2 Å². The number of benzene rings is 1. The van der Waals surface area contributed by atoms with Gasteiger partial charge in [-0.15, -0.1) is 12.4 Å². The van der Waals surface area contributed by atoms with Crippen molar-refractivity contribution in [2.75, 3.05) is 44.3 Å². The molecule has 1 rings (SSSR count). The summed E-state index contributed by atoms with van der Waals surface area (Å²) in [6.45, 7) is 2.24. The lowest BCUT2D eigenvalue weighted by molar-refractivity contribution is 0.0954. The van der Waals surface area contributed by atoms with Gasteiger partial charge in [-0.3, -0.25) is 9.52 Å². The third-order valence-electron chi connectivity index (χ3n) is 2.59. The van der Waals surface area contributed by atoms with E-state index in [-0.39, 0.29) is 23.7 Å². The summed E-state index contributed by atoms with van der Waals surface area (Å²) in [7, 11) is -1.87. The van der Waals surface area contributed by atoms with Crippen molar-refractivity contribution in [2.45, 2.75) is 0 Å². The summed E-state index contributed by atoms with van der Waals surface area (Å²) in [5.74, 6) is -0.401. The molecule has 1 aromatic carbocycles. The highest BCUT2D eigenvalue weighted by molar-refractivity contribution is 7.92. The lowest BCUT2D eigenvalue weighted by Crippen LogP contribution is -2.33. The minimum Gasteiger partial charge on any atom is -0.383 e. The fourth-order valence-electron chi connectivity index (χ4n) is 1.65. The zero-order chi connectivity index (χ0) is 16.6. The molecule has 0 aliphatic heterocycles. The van der Waals surface area contributed by atoms with Crippen LogP contribution in [0.4, 0.5) is 5.69 Å². The first kappa shape index (κ1) is 21.9. The number of hydrogen-bond donors (Lipinski definition) is 3. The Morgan fingerprint density at radius 3 is 2.57 bits per heavy atom. The number of rotatable bonds is 9. The molecule has 0 fully saturated rings. The molecule has 0 atom stereocenters. The summed E-state index contributed by atoms with van der Waals surface area (Å²) in [4.78, 5) is 12.1. The van der Waals surface area contributed by atoms with Gasteiger partial charge in [-0.1, -0.05) is 11.6 Å². The van der Waals surface area contributed by atoms with Crippen molar-refractivity contribution in [3.8, 4) is 0 Å². The second-order valence-electron chi connectivity index (χ2n) is 4.56. The van der Waals surface area contributed by atoms with Crippen LogP contribution in [0, 0.1) is 0 Å². The third kappa shape index (κ3) is 8.97. The van der Waals surface area contributed by atoms with E-state index in [0.717, 1.165) is 6.26 Å². The normalized spacial score (nSPS) is 10.7. The Morgan fingerprint density at radius 2 is 1.96 bits per heavy atom. The first-order chi connectivity index (χ1) is 10.3. The van der Waals surface area contributed by atoms with E-state index in [1.54, 1.807) is 7.11 Å². The SMILES string of the molecule is COCCNCCNC(=O)c1cc(Cl)ccc1NS(C)(=O)=O.Cl. The highest BCUT2D eigenvalue weighted by Gasteiger charge is 2.14. The van der Waals surface area contributed by atoms with Crippen molar-refractivity contribution in [3.63, 3.8) is 0 Å². The number of hydrogen-bond acceptors (Lipinski definition) is 5. The van der Waals surface area contributed by atoms with E-state index in [0.29, 0.717) is 31.3 Å². The molecule has 7 nitrogen and oxygen atoms in total. The van der Waals surface area contributed by atoms with Crippen LogP contribution in [0.2, 0.25) is 5.02 Å². The fraction of sp³-hybridized carbons (Fsp3) is 0.462. The molecule has 23 heavy (non-hydrogen) atoms. The molecule has 0 aliphatic rings. The first-order valence-corrected chi connectivity index (χ1v) is 8.85. The van der Waals surface area contributed by atoms with Gasteiger partial charge >= 0.3 is 0 Å². The molecule has 0 saturated carbocycles. The van der Waals surface area contributed by atoms with Crippen LogP contribution in [-0.4, -0.2) is 53.9 Å². The molecule has 10 heteroatoms. The molecule has 3 N–H and O–H groups in total. The Morgan fingerprint density at radius 1 is 1.26 bits per heavy atom. The molecule has 132 valence electrons. The highest BCUT2D eigenvalue weighted by Crippen LogP contribution is 2.21. The topological polar surface area (TPSA) is 96.5 Å². The van der Waals surface area contributed by atoms with Crippen LogP contribution < -0.4 is 15.4 Å². The average Bonchev–Trinajstić information content (AvgIpc) is 2.43. The summed E-state index contributed by atoms with van der Waals surface area (Å²) in [6, 6.07) is 4.38. The molecule has 0 aliphatic carbocycles. The second kappa shape index (κ2) is 10.7. The van der Waals surface area contributed by atoms with Gasteiger partial charge in [-0.25, -0.2) is 8.42 Å². The molecule has 0 bridgehead atoms. The third-order valence-corrected chi connectivity index (χ3v) is 3.42. The fourth-order valence-corrected chi connectivity index (χ4v) is 2.40. The maximum absolute atomic E-state index is 12.1. The van der Waals surface area contributed by atoms with Crippen LogP contribution in [0.3, 0.4) is 0 Å². The summed E-state index contributed by atoms with van der Waals surface area (Å²) in [5, 5.41) is 6.12. The van der Waals surface area contributed by atoms with Gasteiger partial charge in [-0.05, 0) is 18.2 Å². The number of methoxy groups -OCH3 is 1.